The predicted octanol–water partition coefficient (Wildman–Crippen LogP) is 5.22. The number of aliphatic hydroxyl groups is 1. The van der Waals surface area contributed by atoms with Gasteiger partial charge in [0.2, 0.25) is 17.7 Å². The molecule has 4 rings (SSSR count). The molecule has 3 amide bonds. The predicted molar refractivity (Wildman–Crippen MR) is 174 cm³/mol. The number of likely N-dealkylation sites (tertiary alicyclic amines) is 1. The highest BCUT2D eigenvalue weighted by molar-refractivity contribution is 6.03. The van der Waals surface area contributed by atoms with Crippen LogP contribution >= 0.6 is 0 Å². The Hall–Kier alpha value is -2.97. The van der Waals surface area contributed by atoms with Gasteiger partial charge in [-0.05, 0) is 69.9 Å². The molecule has 0 radical (unpaired) electrons. The molecule has 0 saturated carbocycles. The van der Waals surface area contributed by atoms with Crippen molar-refractivity contribution in [3.8, 4) is 0 Å². The number of ether oxygens (including phenoxy) is 1. The molecule has 1 aromatic carbocycles. The fraction of sp³-hybridized carbons (Fsp3) is 0.639. The van der Waals surface area contributed by atoms with Crippen LogP contribution in [0.1, 0.15) is 74.1 Å². The molecule has 1 N–H and O–H groups in total. The maximum Gasteiger partial charge on any atom is 0.249 e. The molecule has 3 fully saturated rings. The summed E-state index contributed by atoms with van der Waals surface area (Å²) in [6.07, 6.45) is 5.72. The van der Waals surface area contributed by atoms with E-state index >= 15 is 0 Å². The molecular formula is C36H53N3O5. The number of aliphatic hydroxyl groups excluding tert-OH is 1. The molecule has 8 heteroatoms. The molecule has 1 spiro atoms. The van der Waals surface area contributed by atoms with Crippen LogP contribution in [0.15, 0.2) is 55.6 Å². The van der Waals surface area contributed by atoms with Gasteiger partial charge in [0.25, 0.3) is 0 Å². The van der Waals surface area contributed by atoms with Gasteiger partial charge in [0.05, 0.1) is 17.4 Å². The Bertz CT molecular complexity index is 1260. The Kier molecular flexibility index (Phi) is 9.58. The van der Waals surface area contributed by atoms with Crippen molar-refractivity contribution in [2.45, 2.75) is 96.9 Å². The van der Waals surface area contributed by atoms with E-state index in [1.165, 1.54) is 0 Å². The van der Waals surface area contributed by atoms with Gasteiger partial charge in [0, 0.05) is 37.5 Å². The fourth-order valence-electron chi connectivity index (χ4n) is 8.56. The molecule has 0 aromatic heterocycles. The quantitative estimate of drug-likeness (QED) is 0.245. The molecule has 8 nitrogen and oxygen atoms in total. The molecule has 2 bridgehead atoms. The Balaban J connectivity index is 1.84. The van der Waals surface area contributed by atoms with Crippen LogP contribution in [-0.4, -0.2) is 81.7 Å². The smallest absolute Gasteiger partial charge is 0.249 e. The van der Waals surface area contributed by atoms with Crippen LogP contribution in [0.4, 0.5) is 5.69 Å². The van der Waals surface area contributed by atoms with Crippen LogP contribution in [0.3, 0.4) is 0 Å². The van der Waals surface area contributed by atoms with Gasteiger partial charge < -0.3 is 24.5 Å². The molecule has 242 valence electrons. The number of carbonyl (C=O) groups excluding carboxylic acids is 3. The van der Waals surface area contributed by atoms with Crippen molar-refractivity contribution in [3.05, 3.63) is 55.6 Å². The SMILES string of the molecule is C=CCN(C(=O)[C@@H]1[C@H]2C(=O)N(CCCCO)C(C(=O)N(CC=C)C(C)(C)CC(C)(C)C)C23CC(C)[C@@]1(C)O3)c1ccccc1. The molecule has 3 unspecified atom stereocenters. The van der Waals surface area contributed by atoms with Gasteiger partial charge in [0.1, 0.15) is 11.6 Å². The highest BCUT2D eigenvalue weighted by Gasteiger charge is 2.80. The third-order valence-electron chi connectivity index (χ3n) is 10.0. The summed E-state index contributed by atoms with van der Waals surface area (Å²) in [6, 6.07) is 8.54. The minimum Gasteiger partial charge on any atom is -0.396 e. The summed E-state index contributed by atoms with van der Waals surface area (Å²) in [7, 11) is 0. The van der Waals surface area contributed by atoms with E-state index in [1.54, 1.807) is 22.0 Å². The minimum absolute atomic E-state index is 0.00325. The number of nitrogens with zero attached hydrogens (tertiary/aromatic N) is 3. The van der Waals surface area contributed by atoms with Crippen molar-refractivity contribution in [3.63, 3.8) is 0 Å². The van der Waals surface area contributed by atoms with Crippen molar-refractivity contribution in [1.29, 1.82) is 0 Å². The van der Waals surface area contributed by atoms with Crippen molar-refractivity contribution < 1.29 is 24.2 Å². The molecule has 6 atom stereocenters. The molecule has 3 heterocycles. The molecule has 3 aliphatic heterocycles. The first kappa shape index (κ1) is 33.9. The van der Waals surface area contributed by atoms with Crippen molar-refractivity contribution >= 4 is 23.4 Å². The van der Waals surface area contributed by atoms with Crippen molar-refractivity contribution in [2.75, 3.05) is 31.1 Å². The topological polar surface area (TPSA) is 90.4 Å². The molecule has 1 aromatic rings. The number of para-hydroxylation sites is 1. The largest absolute Gasteiger partial charge is 0.396 e. The van der Waals surface area contributed by atoms with E-state index in [4.69, 9.17) is 4.74 Å². The van der Waals surface area contributed by atoms with Crippen molar-refractivity contribution in [2.24, 2.45) is 23.2 Å². The van der Waals surface area contributed by atoms with Crippen LogP contribution in [-0.2, 0) is 19.1 Å². The third-order valence-corrected chi connectivity index (χ3v) is 10.0. The lowest BCUT2D eigenvalue weighted by Crippen LogP contribution is -2.61. The molecule has 3 saturated heterocycles. The first-order chi connectivity index (χ1) is 20.6. The maximum absolute atomic E-state index is 15.0. The number of amides is 3. The number of unbranched alkanes of at least 4 members (excludes halogenated alkanes) is 1. The van der Waals surface area contributed by atoms with Gasteiger partial charge >= 0.3 is 0 Å². The molecular weight excluding hydrogens is 554 g/mol. The Morgan fingerprint density at radius 1 is 1.07 bits per heavy atom. The zero-order valence-electron chi connectivity index (χ0n) is 27.8. The number of rotatable bonds is 13. The summed E-state index contributed by atoms with van der Waals surface area (Å²) < 4.78 is 7.01. The second-order valence-corrected chi connectivity index (χ2v) is 15.0. The van der Waals surface area contributed by atoms with Gasteiger partial charge in [-0.15, -0.1) is 13.2 Å². The standard InChI is InChI=1S/C36H53N3O5/c1-10-19-37(26-17-13-12-14-18-26)30(41)27-28-31(42)38(21-15-16-22-40)29(36(28)23-25(3)35(27,9)44-36)32(43)39(20-11-2)34(7,8)24-33(4,5)6/h10-14,17-18,25,27-29,40H,1-2,15-16,19-24H2,3-9H3/t25?,27-,28-,29?,35+,36?/m0/s1. The van der Waals surface area contributed by atoms with E-state index in [-0.39, 0.29) is 42.2 Å². The monoisotopic (exact) mass is 607 g/mol. The van der Waals surface area contributed by atoms with Crippen LogP contribution < -0.4 is 4.90 Å². The lowest BCUT2D eigenvalue weighted by molar-refractivity contribution is -0.156. The highest BCUT2D eigenvalue weighted by Crippen LogP contribution is 2.65. The Morgan fingerprint density at radius 2 is 1.70 bits per heavy atom. The van der Waals surface area contributed by atoms with Gasteiger partial charge in [0.15, 0.2) is 0 Å². The maximum atomic E-state index is 15.0. The average Bonchev–Trinajstić information content (AvgIpc) is 3.45. The lowest BCUT2D eigenvalue weighted by atomic mass is 9.62. The number of benzene rings is 1. The first-order valence-corrected chi connectivity index (χ1v) is 16.1. The van der Waals surface area contributed by atoms with Crippen molar-refractivity contribution in [1.82, 2.24) is 9.80 Å². The molecule has 44 heavy (non-hydrogen) atoms. The van der Waals surface area contributed by atoms with Crippen LogP contribution in [0.5, 0.6) is 0 Å². The number of anilines is 1. The first-order valence-electron chi connectivity index (χ1n) is 16.1. The number of hydrogen-bond donors (Lipinski definition) is 1. The molecule has 3 aliphatic rings. The second kappa shape index (κ2) is 12.4. The number of hydrogen-bond acceptors (Lipinski definition) is 5. The van der Waals surface area contributed by atoms with E-state index in [9.17, 15) is 19.5 Å². The van der Waals surface area contributed by atoms with Crippen LogP contribution in [0.2, 0.25) is 0 Å². The number of fused-ring (bicyclic) bond motifs is 1. The summed E-state index contributed by atoms with van der Waals surface area (Å²) in [5.74, 6) is -2.21. The third kappa shape index (κ3) is 5.76. The minimum atomic E-state index is -1.14. The lowest BCUT2D eigenvalue weighted by Gasteiger charge is -2.45. The van der Waals surface area contributed by atoms with E-state index < -0.39 is 34.6 Å². The van der Waals surface area contributed by atoms with Gasteiger partial charge in [-0.3, -0.25) is 14.4 Å². The zero-order valence-corrected chi connectivity index (χ0v) is 27.8. The normalized spacial score (nSPS) is 29.5. The average molecular weight is 608 g/mol. The zero-order chi connectivity index (χ0) is 32.7. The van der Waals surface area contributed by atoms with E-state index in [0.29, 0.717) is 32.4 Å². The summed E-state index contributed by atoms with van der Waals surface area (Å²) >= 11 is 0. The highest BCUT2D eigenvalue weighted by atomic mass is 16.5. The fourth-order valence-corrected chi connectivity index (χ4v) is 8.56. The van der Waals surface area contributed by atoms with E-state index in [0.717, 1.165) is 12.1 Å². The number of carbonyl (C=O) groups is 3. The van der Waals surface area contributed by atoms with Gasteiger partial charge in [-0.25, -0.2) is 0 Å². The summed E-state index contributed by atoms with van der Waals surface area (Å²) in [5.41, 5.74) is -1.93. The molecule has 0 aliphatic carbocycles. The summed E-state index contributed by atoms with van der Waals surface area (Å²) in [6.45, 7) is 23.4. The van der Waals surface area contributed by atoms with E-state index in [1.807, 2.05) is 42.2 Å². The summed E-state index contributed by atoms with van der Waals surface area (Å²) in [4.78, 5) is 49.4. The van der Waals surface area contributed by atoms with Crippen LogP contribution in [0, 0.1) is 23.2 Å². The van der Waals surface area contributed by atoms with E-state index in [2.05, 4.69) is 54.7 Å². The Morgan fingerprint density at radius 3 is 2.27 bits per heavy atom. The Labute approximate surface area is 264 Å². The van der Waals surface area contributed by atoms with Crippen LogP contribution in [0.25, 0.3) is 0 Å². The summed E-state index contributed by atoms with van der Waals surface area (Å²) in [5, 5.41) is 9.55. The second-order valence-electron chi connectivity index (χ2n) is 15.0. The van der Waals surface area contributed by atoms with Gasteiger partial charge in [-0.1, -0.05) is 58.0 Å². The van der Waals surface area contributed by atoms with Gasteiger partial charge in [-0.2, -0.15) is 0 Å².